The Labute approximate surface area is 481 Å². The first-order chi connectivity index (χ1) is 38.6. The average Bonchev–Trinajstić information content (AvgIpc) is 3.46. The summed E-state index contributed by atoms with van der Waals surface area (Å²) in [5, 5.41) is 31.6. The minimum Gasteiger partial charge on any atom is -0.479 e. The molecule has 79 heavy (non-hydrogen) atoms. The molecule has 12 heteroatoms. The Hall–Kier alpha value is -3.58. The lowest BCUT2D eigenvalue weighted by molar-refractivity contribution is -0.301. The summed E-state index contributed by atoms with van der Waals surface area (Å²) < 4.78 is 28.5. The van der Waals surface area contributed by atoms with Crippen molar-refractivity contribution in [2.24, 2.45) is 0 Å². The van der Waals surface area contributed by atoms with Crippen molar-refractivity contribution in [2.45, 2.75) is 327 Å². The summed E-state index contributed by atoms with van der Waals surface area (Å²) in [5.41, 5.74) is 0. The van der Waals surface area contributed by atoms with E-state index in [2.05, 4.69) is 81.5 Å². The highest BCUT2D eigenvalue weighted by Crippen LogP contribution is 2.27. The molecule has 0 spiro atoms. The first kappa shape index (κ1) is 73.4. The van der Waals surface area contributed by atoms with Crippen LogP contribution >= 0.6 is 0 Å². The second kappa shape index (κ2) is 55.0. The normalized spacial score (nSPS) is 18.2. The van der Waals surface area contributed by atoms with Gasteiger partial charge in [-0.15, -0.1) is 0 Å². The van der Waals surface area contributed by atoms with Crippen LogP contribution in [0.15, 0.2) is 60.8 Å². The highest BCUT2D eigenvalue weighted by Gasteiger charge is 2.50. The lowest BCUT2D eigenvalue weighted by atomic mass is 9.98. The number of unbranched alkanes of at least 4 members (excludes halogenated alkanes) is 31. The van der Waals surface area contributed by atoms with Crippen LogP contribution in [0.3, 0.4) is 0 Å². The van der Waals surface area contributed by atoms with Gasteiger partial charge in [-0.1, -0.05) is 229 Å². The summed E-state index contributed by atoms with van der Waals surface area (Å²) in [6.07, 6.45) is 56.0. The van der Waals surface area contributed by atoms with E-state index < -0.39 is 67.3 Å². The van der Waals surface area contributed by atoms with E-state index in [-0.39, 0.29) is 25.9 Å². The number of aliphatic carboxylic acids is 1. The molecule has 0 amide bonds. The lowest BCUT2D eigenvalue weighted by Gasteiger charge is -2.40. The summed E-state index contributed by atoms with van der Waals surface area (Å²) in [5.74, 6) is -3.13. The highest BCUT2D eigenvalue weighted by molar-refractivity contribution is 5.74. The molecule has 1 fully saturated rings. The summed E-state index contributed by atoms with van der Waals surface area (Å²) in [7, 11) is 0. The summed E-state index contributed by atoms with van der Waals surface area (Å²) in [6.45, 7) is 5.89. The van der Waals surface area contributed by atoms with Crippen molar-refractivity contribution in [1.29, 1.82) is 0 Å². The third-order valence-corrected chi connectivity index (χ3v) is 14.5. The van der Waals surface area contributed by atoms with E-state index in [0.29, 0.717) is 19.3 Å². The van der Waals surface area contributed by atoms with Crippen molar-refractivity contribution in [3.8, 4) is 0 Å². The lowest BCUT2D eigenvalue weighted by Crippen LogP contribution is -2.61. The first-order valence-electron chi connectivity index (χ1n) is 32.3. The number of hydrogen-bond acceptors (Lipinski definition) is 11. The molecular formula is C67H116O12. The Morgan fingerprint density at radius 1 is 0.430 bits per heavy atom. The van der Waals surface area contributed by atoms with E-state index in [4.69, 9.17) is 23.7 Å². The van der Waals surface area contributed by atoms with Gasteiger partial charge in [-0.25, -0.2) is 4.79 Å². The molecule has 0 saturated carbocycles. The highest BCUT2D eigenvalue weighted by atomic mass is 16.7. The van der Waals surface area contributed by atoms with E-state index in [1.807, 2.05) is 0 Å². The maximum atomic E-state index is 13.2. The van der Waals surface area contributed by atoms with Gasteiger partial charge in [-0.3, -0.25) is 14.4 Å². The van der Waals surface area contributed by atoms with Crippen LogP contribution in [0.5, 0.6) is 0 Å². The number of hydrogen-bond donors (Lipinski definition) is 3. The molecule has 1 aliphatic heterocycles. The van der Waals surface area contributed by atoms with Gasteiger partial charge in [0.1, 0.15) is 18.8 Å². The molecular weight excluding hydrogens is 997 g/mol. The van der Waals surface area contributed by atoms with E-state index in [1.54, 1.807) is 0 Å². The molecule has 3 N–H and O–H groups in total. The van der Waals surface area contributed by atoms with Crippen LogP contribution in [0.4, 0.5) is 0 Å². The predicted molar refractivity (Wildman–Crippen MR) is 322 cm³/mol. The predicted octanol–water partition coefficient (Wildman–Crippen LogP) is 17.1. The molecule has 0 aromatic carbocycles. The Bertz CT molecular complexity index is 1600. The van der Waals surface area contributed by atoms with Crippen LogP contribution in [0, 0.1) is 0 Å². The van der Waals surface area contributed by atoms with Crippen molar-refractivity contribution in [3.63, 3.8) is 0 Å². The molecule has 0 aromatic heterocycles. The Morgan fingerprint density at radius 3 is 1.23 bits per heavy atom. The largest absolute Gasteiger partial charge is 0.479 e. The fraction of sp³-hybridized carbons (Fsp3) is 0.791. The van der Waals surface area contributed by atoms with Gasteiger partial charge in [-0.2, -0.15) is 0 Å². The number of carbonyl (C=O) groups excluding carboxylic acids is 3. The van der Waals surface area contributed by atoms with E-state index in [1.165, 1.54) is 109 Å². The quantitative estimate of drug-likeness (QED) is 0.0228. The molecule has 1 saturated heterocycles. The fourth-order valence-corrected chi connectivity index (χ4v) is 9.61. The Morgan fingerprint density at radius 2 is 0.797 bits per heavy atom. The Kier molecular flexibility index (Phi) is 51.1. The smallest absolute Gasteiger partial charge is 0.335 e. The zero-order chi connectivity index (χ0) is 57.5. The number of esters is 3. The molecule has 6 atom stereocenters. The van der Waals surface area contributed by atoms with Crippen molar-refractivity contribution in [2.75, 3.05) is 13.2 Å². The monoisotopic (exact) mass is 1110 g/mol. The standard InChI is InChI=1S/C67H116O12/c1-4-7-10-13-16-19-22-25-28-30-33-35-38-41-44-47-50-53-59(68)75-56-58(77-60(69)54-51-48-45-42-39-37-34-31-29-26-23-20-17-14-11-8-5-2)57-76-67-65(63(72)62(71)64(79-67)66(73)74)78-61(70)55-52-49-46-43-40-36-32-27-24-21-18-15-12-9-6-3/h7,10,16,19,25-29,32,58,62-65,67,71-72H,4-6,8-9,11-15,17-18,20-24,30-31,33-57H2,1-3H3,(H,73,74)/b10-7-,19-16-,28-25-,29-26-,32-27-. The van der Waals surface area contributed by atoms with Crippen LogP contribution in [-0.2, 0) is 42.9 Å². The summed E-state index contributed by atoms with van der Waals surface area (Å²) >= 11 is 0. The van der Waals surface area contributed by atoms with Crippen molar-refractivity contribution in [1.82, 2.24) is 0 Å². The van der Waals surface area contributed by atoms with E-state index in [9.17, 15) is 34.5 Å². The molecule has 6 unspecified atom stereocenters. The van der Waals surface area contributed by atoms with Gasteiger partial charge in [0.2, 0.25) is 0 Å². The average molecular weight is 1110 g/mol. The zero-order valence-corrected chi connectivity index (χ0v) is 50.4. The van der Waals surface area contributed by atoms with Gasteiger partial charge in [0.05, 0.1) is 6.61 Å². The Balaban J connectivity index is 2.67. The van der Waals surface area contributed by atoms with E-state index >= 15 is 0 Å². The molecule has 12 nitrogen and oxygen atoms in total. The molecule has 1 heterocycles. The van der Waals surface area contributed by atoms with Gasteiger partial charge >= 0.3 is 23.9 Å². The fourth-order valence-electron chi connectivity index (χ4n) is 9.61. The molecule has 0 bridgehead atoms. The zero-order valence-electron chi connectivity index (χ0n) is 50.4. The van der Waals surface area contributed by atoms with Gasteiger partial charge in [0.15, 0.2) is 24.6 Å². The van der Waals surface area contributed by atoms with Gasteiger partial charge in [-0.05, 0) is 103 Å². The number of carboxylic acid groups (broad SMARTS) is 1. The van der Waals surface area contributed by atoms with Crippen molar-refractivity contribution >= 4 is 23.9 Å². The summed E-state index contributed by atoms with van der Waals surface area (Å²) in [4.78, 5) is 51.3. The number of rotatable bonds is 55. The van der Waals surface area contributed by atoms with Crippen LogP contribution in [0.1, 0.15) is 290 Å². The van der Waals surface area contributed by atoms with Crippen LogP contribution in [0.2, 0.25) is 0 Å². The molecule has 0 aliphatic carbocycles. The van der Waals surface area contributed by atoms with Gasteiger partial charge < -0.3 is 39.0 Å². The van der Waals surface area contributed by atoms with Crippen LogP contribution in [0.25, 0.3) is 0 Å². The third-order valence-electron chi connectivity index (χ3n) is 14.5. The number of aliphatic hydroxyl groups is 2. The van der Waals surface area contributed by atoms with Gasteiger partial charge in [0.25, 0.3) is 0 Å². The number of ether oxygens (including phenoxy) is 5. The van der Waals surface area contributed by atoms with Crippen molar-refractivity contribution < 1.29 is 58.2 Å². The second-order valence-corrected chi connectivity index (χ2v) is 22.0. The molecule has 456 valence electrons. The van der Waals surface area contributed by atoms with Gasteiger partial charge in [0, 0.05) is 19.3 Å². The maximum Gasteiger partial charge on any atom is 0.335 e. The number of carboxylic acids is 1. The third kappa shape index (κ3) is 44.7. The number of aliphatic hydroxyl groups excluding tert-OH is 2. The maximum absolute atomic E-state index is 13.2. The number of carbonyl (C=O) groups is 4. The second-order valence-electron chi connectivity index (χ2n) is 22.0. The molecule has 1 aliphatic rings. The number of allylic oxidation sites excluding steroid dienone is 10. The topological polar surface area (TPSA) is 175 Å². The molecule has 1 rings (SSSR count). The molecule has 0 aromatic rings. The van der Waals surface area contributed by atoms with Crippen LogP contribution < -0.4 is 0 Å². The minimum absolute atomic E-state index is 0.0496. The van der Waals surface area contributed by atoms with E-state index in [0.717, 1.165) is 122 Å². The minimum atomic E-state index is -1.91. The van der Waals surface area contributed by atoms with Crippen LogP contribution in [-0.4, -0.2) is 89.2 Å². The first-order valence-corrected chi connectivity index (χ1v) is 32.3. The van der Waals surface area contributed by atoms with Crippen molar-refractivity contribution in [3.05, 3.63) is 60.8 Å². The SMILES string of the molecule is CC/C=C\C/C=C\C/C=C\CCCCCCCCCC(=O)OCC(COC1OC(C(=O)O)C(O)C(O)C1OC(=O)CCCCCCC/C=C\CCCCCCCC)OC(=O)CCCCCCCCC/C=C\CCCCCCCC. The molecule has 0 radical (unpaired) electrons. The summed E-state index contributed by atoms with van der Waals surface area (Å²) in [6, 6.07) is 0.